The molecule has 0 aliphatic heterocycles. The molecule has 1 atom stereocenters. The third kappa shape index (κ3) is 3.50. The van der Waals surface area contributed by atoms with Crippen LogP contribution in [0.15, 0.2) is 12.4 Å². The fourth-order valence-electron chi connectivity index (χ4n) is 1.58. The molecule has 1 heterocycles. The molecule has 1 aromatic heterocycles. The van der Waals surface area contributed by atoms with Crippen LogP contribution in [-0.4, -0.2) is 15.3 Å². The summed E-state index contributed by atoms with van der Waals surface area (Å²) in [5.74, 6) is 1.68. The Balaban J connectivity index is 2.51. The smallest absolute Gasteiger partial charge is 0.140 e. The molecule has 15 heavy (non-hydrogen) atoms. The van der Waals surface area contributed by atoms with Crippen molar-refractivity contribution >= 4 is 5.78 Å². The van der Waals surface area contributed by atoms with Gasteiger partial charge in [-0.1, -0.05) is 20.3 Å². The van der Waals surface area contributed by atoms with Crippen molar-refractivity contribution in [3.05, 3.63) is 18.2 Å². The molecule has 0 bridgehead atoms. The van der Waals surface area contributed by atoms with E-state index in [-0.39, 0.29) is 0 Å². The lowest BCUT2D eigenvalue weighted by Gasteiger charge is -2.07. The predicted octanol–water partition coefficient (Wildman–Crippen LogP) is 2.45. The van der Waals surface area contributed by atoms with Gasteiger partial charge in [0.15, 0.2) is 0 Å². The van der Waals surface area contributed by atoms with Crippen molar-refractivity contribution in [2.45, 2.75) is 46.6 Å². The Labute approximate surface area is 91.5 Å². The van der Waals surface area contributed by atoms with Gasteiger partial charge in [0.2, 0.25) is 0 Å². The summed E-state index contributed by atoms with van der Waals surface area (Å²) in [4.78, 5) is 15.9. The molecule has 0 aliphatic carbocycles. The van der Waals surface area contributed by atoms with Gasteiger partial charge in [0.1, 0.15) is 11.6 Å². The monoisotopic (exact) mass is 208 g/mol. The van der Waals surface area contributed by atoms with Crippen LogP contribution in [0.3, 0.4) is 0 Å². The highest BCUT2D eigenvalue weighted by molar-refractivity contribution is 5.80. The Hall–Kier alpha value is -1.12. The number of aryl methyl sites for hydroxylation is 1. The average molecular weight is 208 g/mol. The summed E-state index contributed by atoms with van der Waals surface area (Å²) in [6.07, 6.45) is 5.90. The van der Waals surface area contributed by atoms with E-state index in [0.29, 0.717) is 24.5 Å². The zero-order valence-corrected chi connectivity index (χ0v) is 9.86. The maximum Gasteiger partial charge on any atom is 0.140 e. The van der Waals surface area contributed by atoms with Crippen LogP contribution in [0.5, 0.6) is 0 Å². The van der Waals surface area contributed by atoms with Crippen molar-refractivity contribution in [2.75, 3.05) is 0 Å². The largest absolute Gasteiger partial charge is 0.335 e. The second-order valence-electron chi connectivity index (χ2n) is 4.06. The van der Waals surface area contributed by atoms with Crippen molar-refractivity contribution in [1.82, 2.24) is 9.55 Å². The average Bonchev–Trinajstić information content (AvgIpc) is 2.64. The van der Waals surface area contributed by atoms with E-state index in [1.54, 1.807) is 6.20 Å². The lowest BCUT2D eigenvalue weighted by atomic mass is 10.0. The summed E-state index contributed by atoms with van der Waals surface area (Å²) in [5, 5.41) is 0. The van der Waals surface area contributed by atoms with Gasteiger partial charge in [-0.25, -0.2) is 4.98 Å². The van der Waals surface area contributed by atoms with Crippen LogP contribution >= 0.6 is 0 Å². The molecule has 0 aliphatic rings. The van der Waals surface area contributed by atoms with E-state index in [2.05, 4.69) is 25.8 Å². The van der Waals surface area contributed by atoms with E-state index in [9.17, 15) is 4.79 Å². The molecule has 0 amide bonds. The van der Waals surface area contributed by atoms with Crippen LogP contribution in [0, 0.1) is 5.92 Å². The number of imidazole rings is 1. The van der Waals surface area contributed by atoms with E-state index < -0.39 is 0 Å². The second kappa shape index (κ2) is 5.69. The Bertz CT molecular complexity index is 317. The summed E-state index contributed by atoms with van der Waals surface area (Å²) >= 11 is 0. The molecule has 0 saturated carbocycles. The van der Waals surface area contributed by atoms with E-state index in [0.717, 1.165) is 18.8 Å². The van der Waals surface area contributed by atoms with Gasteiger partial charge in [-0.2, -0.15) is 0 Å². The first kappa shape index (κ1) is 12.0. The highest BCUT2D eigenvalue weighted by Gasteiger charge is 2.11. The van der Waals surface area contributed by atoms with E-state index in [4.69, 9.17) is 0 Å². The third-order valence-electron chi connectivity index (χ3n) is 2.77. The van der Waals surface area contributed by atoms with Gasteiger partial charge in [0.05, 0.1) is 6.42 Å². The normalized spacial score (nSPS) is 12.7. The lowest BCUT2D eigenvalue weighted by molar-refractivity contribution is -0.119. The molecule has 0 N–H and O–H groups in total. The highest BCUT2D eigenvalue weighted by Crippen LogP contribution is 2.09. The topological polar surface area (TPSA) is 34.9 Å². The number of Topliss-reactive ketones (excluding diaryl/α,β-unsaturated/α-hetero) is 1. The van der Waals surface area contributed by atoms with Gasteiger partial charge >= 0.3 is 0 Å². The van der Waals surface area contributed by atoms with Gasteiger partial charge in [-0.3, -0.25) is 4.79 Å². The van der Waals surface area contributed by atoms with Gasteiger partial charge in [0, 0.05) is 25.4 Å². The first-order valence-electron chi connectivity index (χ1n) is 5.69. The fraction of sp³-hybridized carbons (Fsp3) is 0.667. The van der Waals surface area contributed by atoms with Crippen LogP contribution in [0.4, 0.5) is 0 Å². The standard InChI is InChI=1S/C12H20N2O/c1-4-10(3)8-11(15)9-12-13-6-7-14(12)5-2/h6-7,10H,4-5,8-9H2,1-3H3. The third-order valence-corrected chi connectivity index (χ3v) is 2.77. The number of carbonyl (C=O) groups excluding carboxylic acids is 1. The molecule has 0 spiro atoms. The molecule has 1 rings (SSSR count). The SMILES string of the molecule is CCC(C)CC(=O)Cc1nccn1CC. The first-order chi connectivity index (χ1) is 7.17. The minimum Gasteiger partial charge on any atom is -0.335 e. The van der Waals surface area contributed by atoms with E-state index in [1.807, 2.05) is 10.8 Å². The number of aromatic nitrogens is 2. The van der Waals surface area contributed by atoms with Crippen molar-refractivity contribution in [3.8, 4) is 0 Å². The summed E-state index contributed by atoms with van der Waals surface area (Å²) in [6.45, 7) is 7.17. The molecule has 1 aromatic rings. The van der Waals surface area contributed by atoms with Gasteiger partial charge in [-0.05, 0) is 12.8 Å². The van der Waals surface area contributed by atoms with E-state index in [1.165, 1.54) is 0 Å². The lowest BCUT2D eigenvalue weighted by Crippen LogP contribution is -2.12. The molecular weight excluding hydrogens is 188 g/mol. The Morgan fingerprint density at radius 1 is 1.53 bits per heavy atom. The van der Waals surface area contributed by atoms with Gasteiger partial charge in [-0.15, -0.1) is 0 Å². The van der Waals surface area contributed by atoms with E-state index >= 15 is 0 Å². The minimum absolute atomic E-state index is 0.297. The summed E-state index contributed by atoms with van der Waals surface area (Å²) < 4.78 is 2.02. The van der Waals surface area contributed by atoms with Gasteiger partial charge in [0.25, 0.3) is 0 Å². The van der Waals surface area contributed by atoms with Crippen molar-refractivity contribution in [3.63, 3.8) is 0 Å². The maximum atomic E-state index is 11.7. The van der Waals surface area contributed by atoms with Crippen molar-refractivity contribution < 1.29 is 4.79 Å². The molecule has 0 radical (unpaired) electrons. The molecule has 3 heteroatoms. The maximum absolute atomic E-state index is 11.7. The Morgan fingerprint density at radius 2 is 2.27 bits per heavy atom. The van der Waals surface area contributed by atoms with Crippen LogP contribution in [-0.2, 0) is 17.8 Å². The molecule has 0 saturated heterocycles. The molecule has 3 nitrogen and oxygen atoms in total. The van der Waals surface area contributed by atoms with Crippen LogP contribution < -0.4 is 0 Å². The number of ketones is 1. The Kier molecular flexibility index (Phi) is 4.53. The van der Waals surface area contributed by atoms with Crippen molar-refractivity contribution in [2.24, 2.45) is 5.92 Å². The summed E-state index contributed by atoms with van der Waals surface area (Å²) in [6, 6.07) is 0. The zero-order valence-electron chi connectivity index (χ0n) is 9.86. The molecule has 0 aromatic carbocycles. The number of carbonyl (C=O) groups is 1. The molecule has 1 unspecified atom stereocenters. The number of hydrogen-bond donors (Lipinski definition) is 0. The first-order valence-corrected chi connectivity index (χ1v) is 5.69. The molecule has 84 valence electrons. The van der Waals surface area contributed by atoms with Crippen LogP contribution in [0.2, 0.25) is 0 Å². The predicted molar refractivity (Wildman–Crippen MR) is 60.7 cm³/mol. The Morgan fingerprint density at radius 3 is 2.87 bits per heavy atom. The molecular formula is C12H20N2O. The van der Waals surface area contributed by atoms with Crippen LogP contribution in [0.25, 0.3) is 0 Å². The number of rotatable bonds is 6. The summed E-state index contributed by atoms with van der Waals surface area (Å²) in [7, 11) is 0. The zero-order chi connectivity index (χ0) is 11.3. The summed E-state index contributed by atoms with van der Waals surface area (Å²) in [5.41, 5.74) is 0. The number of nitrogens with zero attached hydrogens (tertiary/aromatic N) is 2. The number of hydrogen-bond acceptors (Lipinski definition) is 2. The van der Waals surface area contributed by atoms with Crippen molar-refractivity contribution in [1.29, 1.82) is 0 Å². The minimum atomic E-state index is 0.297. The fourth-order valence-corrected chi connectivity index (χ4v) is 1.58. The highest BCUT2D eigenvalue weighted by atomic mass is 16.1. The second-order valence-corrected chi connectivity index (χ2v) is 4.06. The van der Waals surface area contributed by atoms with Crippen LogP contribution in [0.1, 0.15) is 39.4 Å². The quantitative estimate of drug-likeness (QED) is 0.719. The van der Waals surface area contributed by atoms with Gasteiger partial charge < -0.3 is 4.57 Å². The molecule has 0 fully saturated rings.